The Morgan fingerprint density at radius 3 is 2.47 bits per heavy atom. The van der Waals surface area contributed by atoms with Crippen molar-refractivity contribution in [2.75, 3.05) is 37.7 Å². The van der Waals surface area contributed by atoms with Gasteiger partial charge in [0.2, 0.25) is 0 Å². The van der Waals surface area contributed by atoms with Gasteiger partial charge in [-0.25, -0.2) is 18.4 Å². The molecule has 4 heterocycles. The standard InChI is InChI=1S/C32H37Cl2F2N5O4/c1-17-14-40(30(43)45-31(3,4)5)18(2)13-39(17)28-20-11-22(34)25(19-10-21(33)24(36)12-23(19)35)27-26(20)41(29(42)38-28)15-32(16-44-27)6-8-37-9-7-32/h10-12,17-18,37H,6-9,13-16H2,1-5H3/t17-,18-/m0/s1. The lowest BCUT2D eigenvalue weighted by atomic mass is 9.79. The highest BCUT2D eigenvalue weighted by Gasteiger charge is 2.40. The molecule has 3 aliphatic heterocycles. The van der Waals surface area contributed by atoms with E-state index in [1.807, 2.05) is 39.5 Å². The van der Waals surface area contributed by atoms with Crippen molar-refractivity contribution in [1.82, 2.24) is 19.8 Å². The molecule has 242 valence electrons. The number of ether oxygens (including phenoxy) is 2. The number of piperazine rings is 1. The van der Waals surface area contributed by atoms with Gasteiger partial charge in [0.05, 0.1) is 22.2 Å². The van der Waals surface area contributed by atoms with E-state index in [9.17, 15) is 14.0 Å². The number of rotatable bonds is 2. The second kappa shape index (κ2) is 11.6. The number of halogens is 4. The summed E-state index contributed by atoms with van der Waals surface area (Å²) in [4.78, 5) is 35.3. The van der Waals surface area contributed by atoms with Gasteiger partial charge in [-0.2, -0.15) is 4.98 Å². The van der Waals surface area contributed by atoms with Crippen molar-refractivity contribution < 1.29 is 23.0 Å². The number of benzene rings is 2. The lowest BCUT2D eigenvalue weighted by Gasteiger charge is -2.45. The number of hydrogen-bond donors (Lipinski definition) is 1. The molecule has 0 aliphatic carbocycles. The number of anilines is 1. The number of nitrogens with zero attached hydrogens (tertiary/aromatic N) is 4. The van der Waals surface area contributed by atoms with Crippen LogP contribution in [0.15, 0.2) is 23.0 Å². The van der Waals surface area contributed by atoms with Gasteiger partial charge in [-0.15, -0.1) is 0 Å². The van der Waals surface area contributed by atoms with Crippen molar-refractivity contribution in [3.8, 4) is 16.9 Å². The van der Waals surface area contributed by atoms with E-state index in [1.165, 1.54) is 6.07 Å². The molecule has 0 bridgehead atoms. The molecule has 0 saturated carbocycles. The van der Waals surface area contributed by atoms with Crippen LogP contribution in [0.25, 0.3) is 22.0 Å². The van der Waals surface area contributed by atoms with Gasteiger partial charge in [0.15, 0.2) is 5.75 Å². The summed E-state index contributed by atoms with van der Waals surface area (Å²) in [5.41, 5.74) is -0.882. The summed E-state index contributed by atoms with van der Waals surface area (Å²) in [7, 11) is 0. The van der Waals surface area contributed by atoms with E-state index in [-0.39, 0.29) is 51.0 Å². The minimum absolute atomic E-state index is 0.0325. The number of hydrogen-bond acceptors (Lipinski definition) is 7. The first-order valence-corrected chi connectivity index (χ1v) is 16.0. The molecule has 45 heavy (non-hydrogen) atoms. The highest BCUT2D eigenvalue weighted by atomic mass is 35.5. The Kier molecular flexibility index (Phi) is 8.19. The monoisotopic (exact) mass is 663 g/mol. The highest BCUT2D eigenvalue weighted by molar-refractivity contribution is 6.35. The predicted octanol–water partition coefficient (Wildman–Crippen LogP) is 6.24. The summed E-state index contributed by atoms with van der Waals surface area (Å²) in [6.07, 6.45) is 1.12. The van der Waals surface area contributed by atoms with Crippen molar-refractivity contribution in [3.63, 3.8) is 0 Å². The van der Waals surface area contributed by atoms with E-state index in [4.69, 9.17) is 32.7 Å². The number of carbonyl (C=O) groups is 1. The van der Waals surface area contributed by atoms with E-state index in [2.05, 4.69) is 10.3 Å². The third-order valence-corrected chi connectivity index (χ3v) is 9.58. The summed E-state index contributed by atoms with van der Waals surface area (Å²) in [5.74, 6) is -1.13. The first kappa shape index (κ1) is 31.8. The molecule has 1 aromatic heterocycles. The highest BCUT2D eigenvalue weighted by Crippen LogP contribution is 2.48. The van der Waals surface area contributed by atoms with E-state index in [0.29, 0.717) is 42.4 Å². The molecule has 3 aliphatic rings. The third kappa shape index (κ3) is 5.83. The smallest absolute Gasteiger partial charge is 0.410 e. The second-order valence-electron chi connectivity index (χ2n) is 13.5. The number of aromatic nitrogens is 2. The van der Waals surface area contributed by atoms with Gasteiger partial charge in [-0.05, 0) is 72.7 Å². The summed E-state index contributed by atoms with van der Waals surface area (Å²) in [6, 6.07) is 3.07. The molecule has 6 rings (SSSR count). The van der Waals surface area contributed by atoms with Gasteiger partial charge < -0.3 is 24.6 Å². The fraction of sp³-hybridized carbons (Fsp3) is 0.531. The van der Waals surface area contributed by atoms with Crippen molar-refractivity contribution in [2.45, 2.75) is 71.7 Å². The Balaban J connectivity index is 1.53. The fourth-order valence-corrected chi connectivity index (χ4v) is 7.16. The van der Waals surface area contributed by atoms with Crippen LogP contribution in [0.2, 0.25) is 10.0 Å². The largest absolute Gasteiger partial charge is 0.490 e. The molecule has 3 aromatic rings. The minimum atomic E-state index is -0.896. The van der Waals surface area contributed by atoms with Gasteiger partial charge in [0.25, 0.3) is 0 Å². The Morgan fingerprint density at radius 1 is 1.07 bits per heavy atom. The van der Waals surface area contributed by atoms with Crippen molar-refractivity contribution in [1.29, 1.82) is 0 Å². The van der Waals surface area contributed by atoms with Crippen LogP contribution in [0.5, 0.6) is 5.75 Å². The molecule has 13 heteroatoms. The summed E-state index contributed by atoms with van der Waals surface area (Å²) in [6.45, 7) is 12.2. The van der Waals surface area contributed by atoms with Gasteiger partial charge in [0.1, 0.15) is 23.1 Å². The SMILES string of the molecule is C[C@H]1CN(c2nc(=O)n3c4c(c(-c5cc(Cl)c(F)cc5F)c(Cl)cc24)OCC2(CCNCC2)C3)[C@@H](C)CN1C(=O)OC(C)(C)C. The molecule has 2 fully saturated rings. The first-order valence-electron chi connectivity index (χ1n) is 15.2. The Bertz CT molecular complexity index is 1740. The average molecular weight is 665 g/mol. The van der Waals surface area contributed by atoms with Crippen LogP contribution in [0.4, 0.5) is 19.4 Å². The quantitative estimate of drug-likeness (QED) is 0.325. The molecule has 1 N–H and O–H groups in total. The van der Waals surface area contributed by atoms with Crippen molar-refractivity contribution in [2.24, 2.45) is 5.41 Å². The Labute approximate surface area is 270 Å². The zero-order chi connectivity index (χ0) is 32.4. The zero-order valence-corrected chi connectivity index (χ0v) is 27.5. The molecular formula is C32H37Cl2F2N5O4. The maximum Gasteiger partial charge on any atom is 0.410 e. The maximum atomic E-state index is 15.4. The molecular weight excluding hydrogens is 627 g/mol. The third-order valence-electron chi connectivity index (χ3n) is 9.00. The van der Waals surface area contributed by atoms with Gasteiger partial charge >= 0.3 is 11.8 Å². The number of amides is 1. The molecule has 2 saturated heterocycles. The molecule has 9 nitrogen and oxygen atoms in total. The van der Waals surface area contributed by atoms with E-state index < -0.39 is 29.0 Å². The van der Waals surface area contributed by atoms with Crippen molar-refractivity contribution >= 4 is 46.0 Å². The lowest BCUT2D eigenvalue weighted by molar-refractivity contribution is 0.0130. The van der Waals surface area contributed by atoms with Crippen LogP contribution in [-0.2, 0) is 11.3 Å². The molecule has 0 radical (unpaired) electrons. The minimum Gasteiger partial charge on any atom is -0.490 e. The topological polar surface area (TPSA) is 88.9 Å². The summed E-state index contributed by atoms with van der Waals surface area (Å²) in [5, 5.41) is 3.80. The molecule has 0 unspecified atom stereocenters. The number of carbonyl (C=O) groups excluding carboxylic acids is 1. The fourth-order valence-electron chi connectivity index (χ4n) is 6.70. The average Bonchev–Trinajstić information content (AvgIpc) is 3.11. The Hall–Kier alpha value is -3.15. The second-order valence-corrected chi connectivity index (χ2v) is 14.3. The molecule has 2 aromatic carbocycles. The van der Waals surface area contributed by atoms with Crippen LogP contribution >= 0.6 is 23.2 Å². The normalized spacial score (nSPS) is 21.5. The molecule has 1 spiro atoms. The van der Waals surface area contributed by atoms with Crippen LogP contribution in [-0.4, -0.2) is 71.0 Å². The summed E-state index contributed by atoms with van der Waals surface area (Å²) < 4.78 is 43.4. The van der Waals surface area contributed by atoms with Gasteiger partial charge in [0, 0.05) is 59.7 Å². The van der Waals surface area contributed by atoms with E-state index in [1.54, 1.807) is 15.5 Å². The van der Waals surface area contributed by atoms with Crippen LogP contribution in [0.1, 0.15) is 47.5 Å². The zero-order valence-electron chi connectivity index (χ0n) is 26.0. The van der Waals surface area contributed by atoms with Gasteiger partial charge in [-0.3, -0.25) is 4.57 Å². The van der Waals surface area contributed by atoms with Crippen LogP contribution in [0, 0.1) is 17.0 Å². The summed E-state index contributed by atoms with van der Waals surface area (Å²) >= 11 is 13.0. The molecule has 2 atom stereocenters. The number of nitrogens with one attached hydrogen (secondary N) is 1. The Morgan fingerprint density at radius 2 is 1.78 bits per heavy atom. The van der Waals surface area contributed by atoms with E-state index >= 15 is 4.39 Å². The predicted molar refractivity (Wildman–Crippen MR) is 171 cm³/mol. The molecule has 1 amide bonds. The maximum absolute atomic E-state index is 15.4. The lowest BCUT2D eigenvalue weighted by Crippen LogP contribution is -2.59. The van der Waals surface area contributed by atoms with Crippen LogP contribution < -0.4 is 20.6 Å². The van der Waals surface area contributed by atoms with E-state index in [0.717, 1.165) is 25.9 Å². The van der Waals surface area contributed by atoms with Crippen LogP contribution in [0.3, 0.4) is 0 Å². The van der Waals surface area contributed by atoms with Crippen molar-refractivity contribution in [3.05, 3.63) is 50.4 Å². The first-order chi connectivity index (χ1) is 21.2. The number of piperidine rings is 1. The van der Waals surface area contributed by atoms with Gasteiger partial charge in [-0.1, -0.05) is 23.2 Å².